The Morgan fingerprint density at radius 1 is 1.03 bits per heavy atom. The molecule has 6 heteroatoms. The fraction of sp³-hybridized carbons (Fsp3) is 0.172. The topological polar surface area (TPSA) is 79.7 Å². The number of aromatic nitrogens is 1. The van der Waals surface area contributed by atoms with Gasteiger partial charge in [-0.1, -0.05) is 54.6 Å². The van der Waals surface area contributed by atoms with E-state index in [4.69, 9.17) is 9.72 Å². The van der Waals surface area contributed by atoms with Crippen molar-refractivity contribution in [2.45, 2.75) is 26.4 Å². The number of aryl methyl sites for hydroxylation is 2. The zero-order valence-corrected chi connectivity index (χ0v) is 20.3. The number of aliphatic hydroxyl groups excluding tert-OH is 1. The lowest BCUT2D eigenvalue weighted by Crippen LogP contribution is -2.11. The van der Waals surface area contributed by atoms with Crippen molar-refractivity contribution in [3.63, 3.8) is 0 Å². The van der Waals surface area contributed by atoms with Gasteiger partial charge in [-0.15, -0.1) is 11.3 Å². The van der Waals surface area contributed by atoms with Gasteiger partial charge in [0.15, 0.2) is 0 Å². The van der Waals surface area contributed by atoms with Gasteiger partial charge in [-0.3, -0.25) is 0 Å². The third kappa shape index (κ3) is 4.27. The van der Waals surface area contributed by atoms with Crippen LogP contribution in [0.25, 0.3) is 31.6 Å². The number of fused-ring (bicyclic) bond motifs is 2. The van der Waals surface area contributed by atoms with Gasteiger partial charge in [0.1, 0.15) is 11.9 Å². The van der Waals surface area contributed by atoms with Crippen molar-refractivity contribution in [3.05, 3.63) is 95.1 Å². The Bertz CT molecular complexity index is 1540. The molecule has 3 aromatic carbocycles. The quantitative estimate of drug-likeness (QED) is 0.262. The minimum Gasteiger partial charge on any atom is -0.485 e. The maximum Gasteiger partial charge on any atom is 0.336 e. The molecule has 0 spiro atoms. The standard InChI is InChI=1S/C29H25NO4S/c1-17-12-13-24(34-23(14-15-31)19-8-4-3-5-9-19)26-21(29(32)33)16-22(30-27(17)26)28-18(2)20-10-6-7-11-25(20)35-28/h3-13,16,23,31H,14-15H2,1-2H3,(H,32,33)/t23-/m1/s1. The van der Waals surface area contributed by atoms with Crippen molar-refractivity contribution in [2.24, 2.45) is 0 Å². The van der Waals surface area contributed by atoms with Crippen LogP contribution in [0.3, 0.4) is 0 Å². The Kier molecular flexibility index (Phi) is 6.24. The van der Waals surface area contributed by atoms with E-state index in [0.29, 0.717) is 28.8 Å². The number of carboxylic acid groups (broad SMARTS) is 1. The maximum absolute atomic E-state index is 12.5. The van der Waals surface area contributed by atoms with Gasteiger partial charge in [-0.05, 0) is 54.1 Å². The summed E-state index contributed by atoms with van der Waals surface area (Å²) in [6.07, 6.45) is -0.0351. The van der Waals surface area contributed by atoms with Gasteiger partial charge in [0.2, 0.25) is 0 Å². The minimum atomic E-state index is -1.04. The van der Waals surface area contributed by atoms with E-state index in [0.717, 1.165) is 31.7 Å². The van der Waals surface area contributed by atoms with Crippen LogP contribution in [0.1, 0.15) is 39.6 Å². The second-order valence-corrected chi connectivity index (χ2v) is 9.60. The average molecular weight is 484 g/mol. The number of rotatable bonds is 7. The molecule has 0 aliphatic rings. The van der Waals surface area contributed by atoms with Crippen LogP contribution in [0.4, 0.5) is 0 Å². The number of pyridine rings is 1. The van der Waals surface area contributed by atoms with Gasteiger partial charge in [0.25, 0.3) is 0 Å². The summed E-state index contributed by atoms with van der Waals surface area (Å²) in [5, 5.41) is 21.5. The van der Waals surface area contributed by atoms with Crippen LogP contribution < -0.4 is 4.74 Å². The Labute approximate surface area is 207 Å². The summed E-state index contributed by atoms with van der Waals surface area (Å²) >= 11 is 1.62. The molecule has 0 saturated carbocycles. The van der Waals surface area contributed by atoms with Gasteiger partial charge in [0, 0.05) is 17.7 Å². The van der Waals surface area contributed by atoms with Gasteiger partial charge in [0.05, 0.1) is 27.0 Å². The van der Waals surface area contributed by atoms with Crippen molar-refractivity contribution in [2.75, 3.05) is 6.61 Å². The second kappa shape index (κ2) is 9.49. The summed E-state index contributed by atoms with van der Waals surface area (Å²) in [6.45, 7) is 3.92. The summed E-state index contributed by atoms with van der Waals surface area (Å²) in [6, 6.07) is 23.1. The number of carbonyl (C=O) groups is 1. The fourth-order valence-corrected chi connectivity index (χ4v) is 5.65. The molecular weight excluding hydrogens is 458 g/mol. The maximum atomic E-state index is 12.5. The van der Waals surface area contributed by atoms with E-state index in [9.17, 15) is 15.0 Å². The van der Waals surface area contributed by atoms with Crippen molar-refractivity contribution < 1.29 is 19.7 Å². The number of aliphatic hydroxyl groups is 1. The molecule has 2 N–H and O–H groups in total. The smallest absolute Gasteiger partial charge is 0.336 e. The molecule has 0 radical (unpaired) electrons. The normalized spacial score (nSPS) is 12.2. The number of aromatic carboxylic acids is 1. The van der Waals surface area contributed by atoms with Crippen LogP contribution in [-0.4, -0.2) is 27.8 Å². The van der Waals surface area contributed by atoms with Crippen LogP contribution in [-0.2, 0) is 0 Å². The van der Waals surface area contributed by atoms with E-state index in [1.54, 1.807) is 23.5 Å². The lowest BCUT2D eigenvalue weighted by molar-refractivity contribution is 0.0698. The Morgan fingerprint density at radius 2 is 1.77 bits per heavy atom. The van der Waals surface area contributed by atoms with Crippen LogP contribution in [0.15, 0.2) is 72.8 Å². The molecule has 0 unspecified atom stereocenters. The minimum absolute atomic E-state index is 0.0528. The van der Waals surface area contributed by atoms with E-state index in [-0.39, 0.29) is 12.2 Å². The fourth-order valence-electron chi connectivity index (χ4n) is 4.48. The highest BCUT2D eigenvalue weighted by Gasteiger charge is 2.22. The molecule has 5 aromatic rings. The number of hydrogen-bond acceptors (Lipinski definition) is 5. The van der Waals surface area contributed by atoms with E-state index >= 15 is 0 Å². The van der Waals surface area contributed by atoms with E-state index in [1.807, 2.05) is 62.4 Å². The second-order valence-electron chi connectivity index (χ2n) is 8.55. The molecule has 5 rings (SSSR count). The van der Waals surface area contributed by atoms with Crippen molar-refractivity contribution >= 4 is 38.3 Å². The van der Waals surface area contributed by atoms with E-state index in [1.165, 1.54) is 0 Å². The Hall–Kier alpha value is -3.74. The highest BCUT2D eigenvalue weighted by atomic mass is 32.1. The number of nitrogens with zero attached hydrogens (tertiary/aromatic N) is 1. The lowest BCUT2D eigenvalue weighted by atomic mass is 10.0. The highest BCUT2D eigenvalue weighted by Crippen LogP contribution is 2.41. The molecule has 0 saturated heterocycles. The third-order valence-electron chi connectivity index (χ3n) is 6.26. The molecule has 2 heterocycles. The van der Waals surface area contributed by atoms with Crippen LogP contribution in [0.5, 0.6) is 5.75 Å². The molecule has 0 bridgehead atoms. The monoisotopic (exact) mass is 483 g/mol. The molecule has 0 aliphatic carbocycles. The van der Waals surface area contributed by atoms with Gasteiger partial charge < -0.3 is 14.9 Å². The van der Waals surface area contributed by atoms with Crippen molar-refractivity contribution in [3.8, 4) is 16.3 Å². The zero-order valence-electron chi connectivity index (χ0n) is 19.5. The van der Waals surface area contributed by atoms with Crippen LogP contribution >= 0.6 is 11.3 Å². The van der Waals surface area contributed by atoms with Crippen molar-refractivity contribution in [1.29, 1.82) is 0 Å². The van der Waals surface area contributed by atoms with Gasteiger partial charge in [-0.2, -0.15) is 0 Å². The average Bonchev–Trinajstić information content (AvgIpc) is 3.21. The lowest BCUT2D eigenvalue weighted by Gasteiger charge is -2.21. The molecule has 2 aromatic heterocycles. The summed E-state index contributed by atoms with van der Waals surface area (Å²) < 4.78 is 7.50. The first-order valence-electron chi connectivity index (χ1n) is 11.5. The Morgan fingerprint density at radius 3 is 2.49 bits per heavy atom. The summed E-state index contributed by atoms with van der Waals surface area (Å²) in [5.74, 6) is -0.594. The number of ether oxygens (including phenoxy) is 1. The zero-order chi connectivity index (χ0) is 24.5. The molecule has 35 heavy (non-hydrogen) atoms. The summed E-state index contributed by atoms with van der Waals surface area (Å²) in [4.78, 5) is 18.4. The predicted molar refractivity (Wildman–Crippen MR) is 141 cm³/mol. The first kappa shape index (κ1) is 23.0. The number of thiophene rings is 1. The van der Waals surface area contributed by atoms with Crippen molar-refractivity contribution in [1.82, 2.24) is 4.98 Å². The first-order chi connectivity index (χ1) is 17.0. The largest absolute Gasteiger partial charge is 0.485 e. The van der Waals surface area contributed by atoms with E-state index in [2.05, 4.69) is 12.1 Å². The van der Waals surface area contributed by atoms with Crippen LogP contribution in [0.2, 0.25) is 0 Å². The number of hydrogen-bond donors (Lipinski definition) is 2. The molecule has 176 valence electrons. The Balaban J connectivity index is 1.70. The number of benzene rings is 3. The first-order valence-corrected chi connectivity index (χ1v) is 12.3. The predicted octanol–water partition coefficient (Wildman–Crippen LogP) is 6.93. The summed E-state index contributed by atoms with van der Waals surface area (Å²) in [7, 11) is 0. The molecule has 0 fully saturated rings. The van der Waals surface area contributed by atoms with Gasteiger partial charge in [-0.25, -0.2) is 9.78 Å². The highest BCUT2D eigenvalue weighted by molar-refractivity contribution is 7.22. The molecule has 0 amide bonds. The summed E-state index contributed by atoms with van der Waals surface area (Å²) in [5.41, 5.74) is 4.27. The molecule has 1 atom stereocenters. The SMILES string of the molecule is Cc1c(-c2cc(C(=O)O)c3c(O[C@H](CCO)c4ccccc4)ccc(C)c3n2)sc2ccccc12. The van der Waals surface area contributed by atoms with Crippen LogP contribution in [0, 0.1) is 13.8 Å². The molecule has 5 nitrogen and oxygen atoms in total. The third-order valence-corrected chi connectivity index (χ3v) is 7.56. The number of carboxylic acids is 1. The molecule has 0 aliphatic heterocycles. The van der Waals surface area contributed by atoms with E-state index < -0.39 is 12.1 Å². The molecular formula is C29H25NO4S. The van der Waals surface area contributed by atoms with Gasteiger partial charge >= 0.3 is 5.97 Å².